The molecular weight excluding hydrogens is 460 g/mol. The van der Waals surface area contributed by atoms with Crippen LogP contribution in [0.3, 0.4) is 0 Å². The Morgan fingerprint density at radius 2 is 2.05 bits per heavy atom. The molecule has 22 heavy (non-hydrogen) atoms. The molecule has 2 rings (SSSR count). The van der Waals surface area contributed by atoms with E-state index < -0.39 is 0 Å². The van der Waals surface area contributed by atoms with E-state index in [0.29, 0.717) is 5.69 Å². The van der Waals surface area contributed by atoms with E-state index in [0.717, 1.165) is 5.56 Å². The Balaban J connectivity index is 0.000000478. The molecule has 1 aromatic heterocycles. The van der Waals surface area contributed by atoms with Crippen LogP contribution in [0.4, 0.5) is 0 Å². The van der Waals surface area contributed by atoms with Crippen LogP contribution in [0.25, 0.3) is 11.3 Å². The van der Waals surface area contributed by atoms with E-state index in [1.807, 2.05) is 18.2 Å². The molecule has 2 N–H and O–H groups in total. The summed E-state index contributed by atoms with van der Waals surface area (Å²) in [5, 5.41) is 8.40. The average molecular weight is 479 g/mol. The quantitative estimate of drug-likeness (QED) is 0.311. The second kappa shape index (κ2) is 9.82. The molecule has 1 aromatic carbocycles. The van der Waals surface area contributed by atoms with Crippen molar-refractivity contribution in [3.8, 4) is 11.3 Å². The Kier molecular flexibility index (Phi) is 8.91. The Bertz CT molecular complexity index is 690. The largest absolute Gasteiger partial charge is 0.512 e. The second-order valence-electron chi connectivity index (χ2n) is 4.41. The van der Waals surface area contributed by atoms with Crippen molar-refractivity contribution in [3.05, 3.63) is 64.9 Å². The van der Waals surface area contributed by atoms with Crippen LogP contribution in [0.1, 0.15) is 13.8 Å². The van der Waals surface area contributed by atoms with Crippen LogP contribution in [0.5, 0.6) is 0 Å². The standard InChI is InChI=1S/C11H9N2O.C5H8O2.Ir/c1-13-8-7-10(12-11(13)14)9-5-3-2-4-6-9;1-4(6)3-5(2)7;/h2-5,7-8H,1H3;3,6H,1-2H3;/q-1;;/p+1/b;4-3-;. The molecule has 0 atom stereocenters. The molecule has 0 saturated heterocycles. The molecular formula is C16H18IrN2O3. The van der Waals surface area contributed by atoms with Gasteiger partial charge in [-0.25, -0.2) is 9.78 Å². The maximum absolute atomic E-state index is 11.3. The topological polar surface area (TPSA) is 76.5 Å². The number of benzene rings is 1. The van der Waals surface area contributed by atoms with Gasteiger partial charge in [-0.2, -0.15) is 0 Å². The number of carbonyl (C=O) groups excluding carboxylic acids is 1. The summed E-state index contributed by atoms with van der Waals surface area (Å²) in [6, 6.07) is 12.3. The van der Waals surface area contributed by atoms with Crippen molar-refractivity contribution in [3.63, 3.8) is 0 Å². The first-order valence-electron chi connectivity index (χ1n) is 6.30. The summed E-state index contributed by atoms with van der Waals surface area (Å²) in [6.45, 7) is 3.00. The molecule has 0 bridgehead atoms. The summed E-state index contributed by atoms with van der Waals surface area (Å²) >= 11 is 0. The van der Waals surface area contributed by atoms with Crippen LogP contribution in [0.15, 0.2) is 53.2 Å². The molecule has 1 radical (unpaired) electrons. The third-order valence-corrected chi connectivity index (χ3v) is 2.38. The van der Waals surface area contributed by atoms with Gasteiger partial charge in [0.05, 0.1) is 18.8 Å². The first-order chi connectivity index (χ1) is 9.90. The molecule has 5 nitrogen and oxygen atoms in total. The fourth-order valence-electron chi connectivity index (χ4n) is 1.47. The zero-order valence-electron chi connectivity index (χ0n) is 12.6. The zero-order valence-corrected chi connectivity index (χ0v) is 15.0. The predicted octanol–water partition coefficient (Wildman–Crippen LogP) is 2.26. The average Bonchev–Trinajstić information content (AvgIpc) is 2.42. The van der Waals surface area contributed by atoms with Crippen LogP contribution in [0, 0.1) is 6.07 Å². The maximum atomic E-state index is 11.3. The van der Waals surface area contributed by atoms with Gasteiger partial charge in [0, 0.05) is 33.3 Å². The number of aromatic nitrogens is 2. The number of ketones is 1. The molecule has 2 aromatic rings. The van der Waals surface area contributed by atoms with Crippen LogP contribution in [0.2, 0.25) is 0 Å². The number of allylic oxidation sites excluding steroid dienone is 2. The molecule has 0 amide bonds. The van der Waals surface area contributed by atoms with Gasteiger partial charge in [-0.15, -0.1) is 35.9 Å². The van der Waals surface area contributed by atoms with Crippen LogP contribution >= 0.6 is 0 Å². The minimum absolute atomic E-state index is 0. The Labute approximate surface area is 142 Å². The third-order valence-electron chi connectivity index (χ3n) is 2.38. The van der Waals surface area contributed by atoms with Crippen molar-refractivity contribution in [2.75, 3.05) is 0 Å². The number of aliphatic hydroxyl groups is 1. The van der Waals surface area contributed by atoms with E-state index >= 15 is 0 Å². The summed E-state index contributed by atoms with van der Waals surface area (Å²) in [7, 11) is 1.67. The van der Waals surface area contributed by atoms with Gasteiger partial charge in [0.15, 0.2) is 0 Å². The van der Waals surface area contributed by atoms with E-state index in [4.69, 9.17) is 9.90 Å². The predicted molar refractivity (Wildman–Crippen MR) is 82.8 cm³/mol. The molecule has 0 aliphatic carbocycles. The second-order valence-corrected chi connectivity index (χ2v) is 4.41. The molecule has 0 spiro atoms. The van der Waals surface area contributed by atoms with Crippen molar-refractivity contribution in [2.45, 2.75) is 13.8 Å². The Morgan fingerprint density at radius 3 is 2.45 bits per heavy atom. The summed E-state index contributed by atoms with van der Waals surface area (Å²) < 4.78 is 1.44. The molecule has 0 fully saturated rings. The van der Waals surface area contributed by atoms with Gasteiger partial charge in [-0.3, -0.25) is 4.79 Å². The number of aryl methyl sites for hydroxylation is 1. The number of nitrogens with zero attached hydrogens (tertiary/aromatic N) is 2. The van der Waals surface area contributed by atoms with Crippen LogP contribution < -0.4 is 5.69 Å². The minimum Gasteiger partial charge on any atom is -0.512 e. The Hall–Kier alpha value is -2.04. The van der Waals surface area contributed by atoms with Gasteiger partial charge >= 0.3 is 11.5 Å². The molecule has 1 heterocycles. The number of hydrogen-bond acceptors (Lipinski definition) is 3. The van der Waals surface area contributed by atoms with Gasteiger partial charge in [0.1, 0.15) is 0 Å². The van der Waals surface area contributed by atoms with Crippen LogP contribution in [-0.2, 0) is 27.2 Å². The minimum atomic E-state index is -0.250. The van der Waals surface area contributed by atoms with Gasteiger partial charge < -0.3 is 9.67 Å². The smallest absolute Gasteiger partial charge is 0.338 e. The number of hydrogen-bond donors (Lipinski definition) is 1. The summed E-state index contributed by atoms with van der Waals surface area (Å²) in [6.07, 6.45) is 2.98. The van der Waals surface area contributed by atoms with E-state index in [2.05, 4.69) is 11.1 Å². The fourth-order valence-corrected chi connectivity index (χ4v) is 1.47. The molecule has 0 aliphatic heterocycles. The SMILES string of the molecule is CC(=[OH+])/C=C(/C)O.Cn1ccc(-c2[c-]cccc2)nc1=O.[Ir]. The molecule has 119 valence electrons. The zero-order chi connectivity index (χ0) is 15.8. The van der Waals surface area contributed by atoms with E-state index in [-0.39, 0.29) is 37.3 Å². The molecule has 0 aliphatic rings. The van der Waals surface area contributed by atoms with Gasteiger partial charge in [0.25, 0.3) is 0 Å². The van der Waals surface area contributed by atoms with Gasteiger partial charge in [-0.1, -0.05) is 6.07 Å². The van der Waals surface area contributed by atoms with E-state index in [1.54, 1.807) is 25.4 Å². The molecule has 0 unspecified atom stereocenters. The van der Waals surface area contributed by atoms with Gasteiger partial charge in [-0.05, 0) is 12.6 Å². The maximum Gasteiger partial charge on any atom is 0.338 e. The first kappa shape index (κ1) is 20.0. The number of rotatable bonds is 2. The fraction of sp³-hybridized carbons (Fsp3) is 0.188. The first-order valence-corrected chi connectivity index (χ1v) is 6.30. The van der Waals surface area contributed by atoms with Crippen molar-refractivity contribution in [1.29, 1.82) is 0 Å². The summed E-state index contributed by atoms with van der Waals surface area (Å²) in [5.41, 5.74) is 1.25. The Morgan fingerprint density at radius 1 is 1.36 bits per heavy atom. The molecule has 6 heteroatoms. The monoisotopic (exact) mass is 479 g/mol. The summed E-state index contributed by atoms with van der Waals surface area (Å²) in [5.74, 6) is 0.250. The third kappa shape index (κ3) is 7.11. The van der Waals surface area contributed by atoms with Crippen molar-refractivity contribution >= 4 is 5.78 Å². The van der Waals surface area contributed by atoms with E-state index in [1.165, 1.54) is 24.5 Å². The van der Waals surface area contributed by atoms with Crippen LogP contribution in [-0.4, -0.2) is 25.2 Å². The molecule has 0 saturated carbocycles. The van der Waals surface area contributed by atoms with E-state index in [9.17, 15) is 4.79 Å². The number of aliphatic hydroxyl groups excluding tert-OH is 1. The summed E-state index contributed by atoms with van der Waals surface area (Å²) in [4.78, 5) is 23.6. The van der Waals surface area contributed by atoms with Crippen molar-refractivity contribution < 1.29 is 30.0 Å². The van der Waals surface area contributed by atoms with Crippen molar-refractivity contribution in [1.82, 2.24) is 9.55 Å². The van der Waals surface area contributed by atoms with Gasteiger partial charge in [0.2, 0.25) is 0 Å². The normalized spacial score (nSPS) is 10.0. The van der Waals surface area contributed by atoms with Crippen molar-refractivity contribution in [2.24, 2.45) is 7.05 Å².